The van der Waals surface area contributed by atoms with Crippen molar-refractivity contribution >= 4 is 11.8 Å². The fourth-order valence-electron chi connectivity index (χ4n) is 1.67. The molecule has 2 N–H and O–H groups in total. The Morgan fingerprint density at radius 2 is 1.82 bits per heavy atom. The van der Waals surface area contributed by atoms with Crippen LogP contribution in [0.1, 0.15) is 27.6 Å². The van der Waals surface area contributed by atoms with Crippen LogP contribution in [0.4, 0.5) is 4.39 Å². The summed E-state index contributed by atoms with van der Waals surface area (Å²) in [4.78, 5) is 27.8. The molecule has 6 nitrogen and oxygen atoms in total. The highest BCUT2D eigenvalue weighted by atomic mass is 19.1. The number of rotatable bonds is 4. The number of hydrazine groups is 1. The minimum absolute atomic E-state index is 0.179. The molecule has 0 saturated carbocycles. The normalized spacial score (nSPS) is 9.91. The van der Waals surface area contributed by atoms with E-state index >= 15 is 0 Å². The summed E-state index contributed by atoms with van der Waals surface area (Å²) >= 11 is 0. The van der Waals surface area contributed by atoms with Crippen molar-refractivity contribution in [3.63, 3.8) is 0 Å². The average molecular weight is 303 g/mol. The van der Waals surface area contributed by atoms with Crippen LogP contribution in [0.5, 0.6) is 5.88 Å². The van der Waals surface area contributed by atoms with E-state index in [1.807, 2.05) is 0 Å². The topological polar surface area (TPSA) is 80.3 Å². The third-order valence-electron chi connectivity index (χ3n) is 2.69. The third-order valence-corrected chi connectivity index (χ3v) is 2.69. The second-order valence-electron chi connectivity index (χ2n) is 4.20. The summed E-state index contributed by atoms with van der Waals surface area (Å²) in [5, 5.41) is 0. The van der Waals surface area contributed by atoms with Crippen molar-refractivity contribution in [1.82, 2.24) is 15.8 Å². The first-order valence-corrected chi connectivity index (χ1v) is 6.56. The molecule has 0 radical (unpaired) electrons. The third kappa shape index (κ3) is 3.78. The number of aromatic nitrogens is 1. The summed E-state index contributed by atoms with van der Waals surface area (Å²) < 4.78 is 18.0. The maximum absolute atomic E-state index is 12.8. The Bertz CT molecular complexity index is 674. The predicted octanol–water partition coefficient (Wildman–Crippen LogP) is 1.69. The van der Waals surface area contributed by atoms with Crippen molar-refractivity contribution in [1.29, 1.82) is 0 Å². The molecule has 0 aliphatic carbocycles. The Labute approximate surface area is 126 Å². The number of carbonyl (C=O) groups is 2. The van der Waals surface area contributed by atoms with Gasteiger partial charge in [-0.05, 0) is 43.3 Å². The molecule has 2 rings (SSSR count). The van der Waals surface area contributed by atoms with E-state index in [0.717, 1.165) is 12.1 Å². The van der Waals surface area contributed by atoms with Crippen molar-refractivity contribution in [2.45, 2.75) is 6.92 Å². The molecule has 0 aliphatic rings. The molecule has 0 aliphatic heterocycles. The fourth-order valence-corrected chi connectivity index (χ4v) is 1.67. The first kappa shape index (κ1) is 15.4. The number of nitrogens with one attached hydrogen (secondary N) is 2. The summed E-state index contributed by atoms with van der Waals surface area (Å²) in [7, 11) is 0. The molecular formula is C15H14FN3O3. The molecular weight excluding hydrogens is 289 g/mol. The first-order chi connectivity index (χ1) is 10.6. The molecule has 1 aromatic heterocycles. The number of ether oxygens (including phenoxy) is 1. The van der Waals surface area contributed by atoms with Crippen LogP contribution in [0.3, 0.4) is 0 Å². The van der Waals surface area contributed by atoms with Crippen molar-refractivity contribution in [2.24, 2.45) is 0 Å². The zero-order chi connectivity index (χ0) is 15.9. The van der Waals surface area contributed by atoms with Gasteiger partial charge in [-0.3, -0.25) is 20.4 Å². The quantitative estimate of drug-likeness (QED) is 0.842. The van der Waals surface area contributed by atoms with Gasteiger partial charge in [0.25, 0.3) is 11.8 Å². The molecule has 2 amide bonds. The maximum atomic E-state index is 12.8. The highest BCUT2D eigenvalue weighted by Crippen LogP contribution is 2.13. The minimum Gasteiger partial charge on any atom is -0.477 e. The van der Waals surface area contributed by atoms with Crippen LogP contribution in [0.15, 0.2) is 42.6 Å². The lowest BCUT2D eigenvalue weighted by molar-refractivity contribution is 0.0844. The number of amides is 2. The average Bonchev–Trinajstić information content (AvgIpc) is 2.54. The Hall–Kier alpha value is -2.96. The molecule has 114 valence electrons. The van der Waals surface area contributed by atoms with Gasteiger partial charge in [-0.2, -0.15) is 0 Å². The van der Waals surface area contributed by atoms with Crippen molar-refractivity contribution in [3.05, 3.63) is 59.5 Å². The number of carbonyl (C=O) groups excluding carboxylic acids is 2. The summed E-state index contributed by atoms with van der Waals surface area (Å²) in [5.41, 5.74) is 4.92. The first-order valence-electron chi connectivity index (χ1n) is 6.56. The van der Waals surface area contributed by atoms with Gasteiger partial charge in [0.1, 0.15) is 11.4 Å². The van der Waals surface area contributed by atoms with E-state index in [9.17, 15) is 14.0 Å². The van der Waals surface area contributed by atoms with Crippen LogP contribution in [-0.4, -0.2) is 23.4 Å². The Morgan fingerprint density at radius 3 is 2.50 bits per heavy atom. The van der Waals surface area contributed by atoms with E-state index in [4.69, 9.17) is 4.74 Å². The lowest BCUT2D eigenvalue weighted by Gasteiger charge is -2.10. The number of hydrogen-bond acceptors (Lipinski definition) is 4. The van der Waals surface area contributed by atoms with E-state index in [0.29, 0.717) is 6.61 Å². The molecule has 0 saturated heterocycles. The maximum Gasteiger partial charge on any atom is 0.275 e. The van der Waals surface area contributed by atoms with Gasteiger partial charge < -0.3 is 4.74 Å². The summed E-state index contributed by atoms with van der Waals surface area (Å²) in [5.74, 6) is -1.39. The molecule has 0 bridgehead atoms. The number of halogens is 1. The van der Waals surface area contributed by atoms with Crippen LogP contribution < -0.4 is 15.6 Å². The molecule has 0 spiro atoms. The fraction of sp³-hybridized carbons (Fsp3) is 0.133. The second-order valence-corrected chi connectivity index (χ2v) is 4.20. The predicted molar refractivity (Wildman–Crippen MR) is 76.7 cm³/mol. The van der Waals surface area contributed by atoms with Gasteiger partial charge >= 0.3 is 0 Å². The molecule has 22 heavy (non-hydrogen) atoms. The SMILES string of the molecule is CCOc1ncccc1C(=O)NNC(=O)c1ccc(F)cc1. The number of benzene rings is 1. The zero-order valence-electron chi connectivity index (χ0n) is 11.8. The van der Waals surface area contributed by atoms with E-state index in [1.54, 1.807) is 13.0 Å². The van der Waals surface area contributed by atoms with Gasteiger partial charge in [0.2, 0.25) is 5.88 Å². The number of pyridine rings is 1. The van der Waals surface area contributed by atoms with Crippen LogP contribution in [0.25, 0.3) is 0 Å². The lowest BCUT2D eigenvalue weighted by atomic mass is 10.2. The molecule has 2 aromatic rings. The molecule has 0 atom stereocenters. The second kappa shape index (κ2) is 7.16. The standard InChI is InChI=1S/C15H14FN3O3/c1-2-22-15-12(4-3-9-17-15)14(21)19-18-13(20)10-5-7-11(16)8-6-10/h3-9H,2H2,1H3,(H,18,20)(H,19,21). The largest absolute Gasteiger partial charge is 0.477 e. The van der Waals surface area contributed by atoms with E-state index < -0.39 is 17.6 Å². The highest BCUT2D eigenvalue weighted by molar-refractivity contribution is 6.00. The lowest BCUT2D eigenvalue weighted by Crippen LogP contribution is -2.41. The summed E-state index contributed by atoms with van der Waals surface area (Å²) in [6.45, 7) is 2.13. The van der Waals surface area contributed by atoms with Crippen molar-refractivity contribution in [2.75, 3.05) is 6.61 Å². The highest BCUT2D eigenvalue weighted by Gasteiger charge is 2.14. The molecule has 1 aromatic carbocycles. The Morgan fingerprint density at radius 1 is 1.14 bits per heavy atom. The van der Waals surface area contributed by atoms with Crippen molar-refractivity contribution < 1.29 is 18.7 Å². The van der Waals surface area contributed by atoms with E-state index in [1.165, 1.54) is 24.4 Å². The van der Waals surface area contributed by atoms with Crippen LogP contribution in [-0.2, 0) is 0 Å². The minimum atomic E-state index is -0.563. The smallest absolute Gasteiger partial charge is 0.275 e. The van der Waals surface area contributed by atoms with Crippen LogP contribution >= 0.6 is 0 Å². The number of nitrogens with zero attached hydrogens (tertiary/aromatic N) is 1. The van der Waals surface area contributed by atoms with Gasteiger partial charge in [-0.25, -0.2) is 9.37 Å². The molecule has 0 unspecified atom stereocenters. The van der Waals surface area contributed by atoms with Gasteiger partial charge in [0.05, 0.1) is 6.61 Å². The molecule has 0 fully saturated rings. The van der Waals surface area contributed by atoms with E-state index in [-0.39, 0.29) is 17.0 Å². The van der Waals surface area contributed by atoms with Crippen LogP contribution in [0.2, 0.25) is 0 Å². The molecule has 7 heteroatoms. The van der Waals surface area contributed by atoms with Crippen LogP contribution in [0, 0.1) is 5.82 Å². The number of hydrogen-bond donors (Lipinski definition) is 2. The van der Waals surface area contributed by atoms with Crippen molar-refractivity contribution in [3.8, 4) is 5.88 Å². The monoisotopic (exact) mass is 303 g/mol. The summed E-state index contributed by atoms with van der Waals surface area (Å²) in [6.07, 6.45) is 1.50. The van der Waals surface area contributed by atoms with Gasteiger partial charge in [-0.15, -0.1) is 0 Å². The Balaban J connectivity index is 2.01. The Kier molecular flexibility index (Phi) is 5.02. The molecule has 1 heterocycles. The van der Waals surface area contributed by atoms with E-state index in [2.05, 4.69) is 15.8 Å². The van der Waals surface area contributed by atoms with Gasteiger partial charge in [0.15, 0.2) is 0 Å². The van der Waals surface area contributed by atoms with Gasteiger partial charge in [0, 0.05) is 11.8 Å². The zero-order valence-corrected chi connectivity index (χ0v) is 11.8. The summed E-state index contributed by atoms with van der Waals surface area (Å²) in [6, 6.07) is 8.05. The van der Waals surface area contributed by atoms with Gasteiger partial charge in [-0.1, -0.05) is 0 Å².